The van der Waals surface area contributed by atoms with Crippen LogP contribution in [0.15, 0.2) is 48.5 Å². The molecule has 0 aliphatic heterocycles. The molecular formula is C16H14N4. The fourth-order valence-electron chi connectivity index (χ4n) is 2.24. The van der Waals surface area contributed by atoms with E-state index in [0.717, 1.165) is 22.5 Å². The average Bonchev–Trinajstić information content (AvgIpc) is 2.82. The van der Waals surface area contributed by atoms with Gasteiger partial charge in [0.05, 0.1) is 22.7 Å². The molecule has 0 fully saturated rings. The number of anilines is 1. The van der Waals surface area contributed by atoms with Crippen molar-refractivity contribution in [3.05, 3.63) is 59.7 Å². The maximum Gasteiger partial charge on any atom is 0.203 e. The Morgan fingerprint density at radius 2 is 2.05 bits per heavy atom. The van der Waals surface area contributed by atoms with Crippen molar-refractivity contribution < 1.29 is 0 Å². The first-order chi connectivity index (χ1) is 9.78. The highest BCUT2D eigenvalue weighted by atomic mass is 15.2. The first-order valence-electron chi connectivity index (χ1n) is 6.42. The number of aryl methyl sites for hydroxylation is 1. The van der Waals surface area contributed by atoms with Gasteiger partial charge in [0, 0.05) is 13.6 Å². The fraction of sp³-hybridized carbons (Fsp3) is 0.125. The lowest BCUT2D eigenvalue weighted by Gasteiger charge is -2.06. The van der Waals surface area contributed by atoms with Gasteiger partial charge in [0.15, 0.2) is 0 Å². The summed E-state index contributed by atoms with van der Waals surface area (Å²) in [6.45, 7) is 0.646. The zero-order valence-electron chi connectivity index (χ0n) is 11.2. The molecule has 3 rings (SSSR count). The van der Waals surface area contributed by atoms with Crippen molar-refractivity contribution in [2.24, 2.45) is 7.05 Å². The molecule has 0 aliphatic carbocycles. The molecule has 0 atom stereocenters. The van der Waals surface area contributed by atoms with Gasteiger partial charge in [0.2, 0.25) is 5.95 Å². The van der Waals surface area contributed by atoms with Gasteiger partial charge < -0.3 is 9.88 Å². The number of hydrogen-bond acceptors (Lipinski definition) is 3. The summed E-state index contributed by atoms with van der Waals surface area (Å²) in [7, 11) is 1.99. The summed E-state index contributed by atoms with van der Waals surface area (Å²) in [5, 5.41) is 12.2. The second kappa shape index (κ2) is 5.06. The van der Waals surface area contributed by atoms with Crippen molar-refractivity contribution in [3.8, 4) is 6.07 Å². The van der Waals surface area contributed by atoms with Gasteiger partial charge in [-0.1, -0.05) is 24.3 Å². The number of nitriles is 1. The first-order valence-corrected chi connectivity index (χ1v) is 6.42. The third-order valence-corrected chi connectivity index (χ3v) is 3.29. The van der Waals surface area contributed by atoms with Crippen LogP contribution in [0.1, 0.15) is 11.1 Å². The highest BCUT2D eigenvalue weighted by Crippen LogP contribution is 2.18. The summed E-state index contributed by atoms with van der Waals surface area (Å²) >= 11 is 0. The van der Waals surface area contributed by atoms with E-state index in [2.05, 4.69) is 16.4 Å². The number of nitrogens with one attached hydrogen (secondary N) is 1. The van der Waals surface area contributed by atoms with E-state index in [1.54, 1.807) is 6.07 Å². The first kappa shape index (κ1) is 12.2. The van der Waals surface area contributed by atoms with Crippen LogP contribution in [0.5, 0.6) is 0 Å². The second-order valence-corrected chi connectivity index (χ2v) is 4.65. The van der Waals surface area contributed by atoms with E-state index in [1.807, 2.05) is 54.1 Å². The van der Waals surface area contributed by atoms with Gasteiger partial charge in [-0.05, 0) is 29.8 Å². The molecule has 20 heavy (non-hydrogen) atoms. The third-order valence-electron chi connectivity index (χ3n) is 3.29. The summed E-state index contributed by atoms with van der Waals surface area (Å²) in [5.74, 6) is 0.827. The Kier molecular flexibility index (Phi) is 3.10. The number of para-hydroxylation sites is 2. The van der Waals surface area contributed by atoms with Crippen LogP contribution in [-0.4, -0.2) is 9.55 Å². The summed E-state index contributed by atoms with van der Waals surface area (Å²) in [5.41, 5.74) is 3.81. The number of rotatable bonds is 3. The molecule has 0 radical (unpaired) electrons. The Hall–Kier alpha value is -2.80. The lowest BCUT2D eigenvalue weighted by molar-refractivity contribution is 0.927. The fourth-order valence-corrected chi connectivity index (χ4v) is 2.24. The zero-order chi connectivity index (χ0) is 13.9. The van der Waals surface area contributed by atoms with E-state index in [1.165, 1.54) is 0 Å². The van der Waals surface area contributed by atoms with Crippen LogP contribution in [0.2, 0.25) is 0 Å². The van der Waals surface area contributed by atoms with Crippen molar-refractivity contribution in [1.29, 1.82) is 5.26 Å². The standard InChI is InChI=1S/C16H14N4/c1-20-15-8-3-2-7-14(15)19-16(20)18-11-13-6-4-5-12(9-13)10-17/h2-9H,11H2,1H3,(H,18,19). The Labute approximate surface area is 117 Å². The quantitative estimate of drug-likeness (QED) is 0.789. The van der Waals surface area contributed by atoms with Gasteiger partial charge in [0.25, 0.3) is 0 Å². The van der Waals surface area contributed by atoms with Crippen LogP contribution >= 0.6 is 0 Å². The Balaban J connectivity index is 1.83. The van der Waals surface area contributed by atoms with Crippen LogP contribution < -0.4 is 5.32 Å². The van der Waals surface area contributed by atoms with Crippen LogP contribution in [0, 0.1) is 11.3 Å². The maximum absolute atomic E-state index is 8.90. The predicted molar refractivity (Wildman–Crippen MR) is 79.2 cm³/mol. The van der Waals surface area contributed by atoms with Crippen molar-refractivity contribution in [3.63, 3.8) is 0 Å². The molecule has 0 saturated carbocycles. The SMILES string of the molecule is Cn1c(NCc2cccc(C#N)c2)nc2ccccc21. The lowest BCUT2D eigenvalue weighted by Crippen LogP contribution is -2.05. The van der Waals surface area contributed by atoms with E-state index >= 15 is 0 Å². The summed E-state index contributed by atoms with van der Waals surface area (Å²) < 4.78 is 2.03. The normalized spacial score (nSPS) is 10.4. The molecular weight excluding hydrogens is 248 g/mol. The summed E-state index contributed by atoms with van der Waals surface area (Å²) in [6.07, 6.45) is 0. The largest absolute Gasteiger partial charge is 0.352 e. The van der Waals surface area contributed by atoms with Crippen LogP contribution in [-0.2, 0) is 13.6 Å². The highest BCUT2D eigenvalue weighted by Gasteiger charge is 2.06. The molecule has 2 aromatic carbocycles. The summed E-state index contributed by atoms with van der Waals surface area (Å²) in [6, 6.07) is 17.8. The minimum Gasteiger partial charge on any atom is -0.352 e. The zero-order valence-corrected chi connectivity index (χ0v) is 11.2. The molecule has 3 aromatic rings. The number of nitrogens with zero attached hydrogens (tertiary/aromatic N) is 3. The Morgan fingerprint density at radius 3 is 2.85 bits per heavy atom. The van der Waals surface area contributed by atoms with Gasteiger partial charge in [-0.25, -0.2) is 4.98 Å². The smallest absolute Gasteiger partial charge is 0.203 e. The lowest BCUT2D eigenvalue weighted by atomic mass is 10.1. The van der Waals surface area contributed by atoms with E-state index in [9.17, 15) is 0 Å². The Bertz CT molecular complexity index is 796. The van der Waals surface area contributed by atoms with Gasteiger partial charge in [0.1, 0.15) is 0 Å². The average molecular weight is 262 g/mol. The molecule has 0 aliphatic rings. The van der Waals surface area contributed by atoms with Gasteiger partial charge in [-0.2, -0.15) is 5.26 Å². The van der Waals surface area contributed by atoms with E-state index in [4.69, 9.17) is 5.26 Å². The maximum atomic E-state index is 8.90. The van der Waals surface area contributed by atoms with E-state index in [0.29, 0.717) is 12.1 Å². The van der Waals surface area contributed by atoms with Crippen LogP contribution in [0.25, 0.3) is 11.0 Å². The summed E-state index contributed by atoms with van der Waals surface area (Å²) in [4.78, 5) is 4.56. The molecule has 0 spiro atoms. The van der Waals surface area contributed by atoms with Crippen molar-refractivity contribution >= 4 is 17.0 Å². The topological polar surface area (TPSA) is 53.6 Å². The predicted octanol–water partition coefficient (Wildman–Crippen LogP) is 3.06. The number of aromatic nitrogens is 2. The molecule has 4 nitrogen and oxygen atoms in total. The molecule has 0 unspecified atom stereocenters. The van der Waals surface area contributed by atoms with Crippen molar-refractivity contribution in [2.75, 3.05) is 5.32 Å². The second-order valence-electron chi connectivity index (χ2n) is 4.65. The minimum atomic E-state index is 0.646. The monoisotopic (exact) mass is 262 g/mol. The van der Waals surface area contributed by atoms with Gasteiger partial charge >= 0.3 is 0 Å². The number of hydrogen-bond donors (Lipinski definition) is 1. The van der Waals surface area contributed by atoms with E-state index < -0.39 is 0 Å². The highest BCUT2D eigenvalue weighted by molar-refractivity contribution is 5.78. The van der Waals surface area contributed by atoms with Gasteiger partial charge in [-0.3, -0.25) is 0 Å². The molecule has 0 saturated heterocycles. The number of imidazole rings is 1. The molecule has 0 amide bonds. The van der Waals surface area contributed by atoms with Crippen molar-refractivity contribution in [1.82, 2.24) is 9.55 Å². The van der Waals surface area contributed by atoms with Gasteiger partial charge in [-0.15, -0.1) is 0 Å². The van der Waals surface area contributed by atoms with Crippen LogP contribution in [0.4, 0.5) is 5.95 Å². The number of fused-ring (bicyclic) bond motifs is 1. The van der Waals surface area contributed by atoms with Crippen molar-refractivity contribution in [2.45, 2.75) is 6.54 Å². The molecule has 98 valence electrons. The van der Waals surface area contributed by atoms with Crippen LogP contribution in [0.3, 0.4) is 0 Å². The van der Waals surface area contributed by atoms with E-state index in [-0.39, 0.29) is 0 Å². The molecule has 0 bridgehead atoms. The minimum absolute atomic E-state index is 0.646. The molecule has 1 aromatic heterocycles. The number of benzene rings is 2. The molecule has 1 heterocycles. The molecule has 1 N–H and O–H groups in total. The third kappa shape index (κ3) is 2.21. The molecule has 4 heteroatoms. The Morgan fingerprint density at radius 1 is 1.20 bits per heavy atom.